The van der Waals surface area contributed by atoms with Gasteiger partial charge in [0.15, 0.2) is 11.5 Å². The maximum Gasteiger partial charge on any atom is 0.372 e. The summed E-state index contributed by atoms with van der Waals surface area (Å²) >= 11 is 0. The van der Waals surface area contributed by atoms with E-state index >= 15 is 0 Å². The van der Waals surface area contributed by atoms with Crippen molar-refractivity contribution in [2.24, 2.45) is 0 Å². The third kappa shape index (κ3) is 3.53. The Bertz CT molecular complexity index is 489. The molecular weight excluding hydrogens is 228 g/mol. The van der Waals surface area contributed by atoms with E-state index < -0.39 is 17.7 Å². The Labute approximate surface area is 96.4 Å². The van der Waals surface area contributed by atoms with Crippen LogP contribution in [-0.2, 0) is 9.59 Å². The molecule has 0 spiro atoms. The summed E-state index contributed by atoms with van der Waals surface area (Å²) in [4.78, 5) is 21.0. The summed E-state index contributed by atoms with van der Waals surface area (Å²) in [6, 6.07) is 4.31. The fourth-order valence-electron chi connectivity index (χ4n) is 1.08. The molecule has 0 aliphatic heterocycles. The molecule has 0 fully saturated rings. The Morgan fingerprint density at radius 1 is 1.29 bits per heavy atom. The van der Waals surface area contributed by atoms with Crippen molar-refractivity contribution in [3.8, 4) is 11.5 Å². The van der Waals surface area contributed by atoms with Crippen molar-refractivity contribution in [2.45, 2.75) is 6.92 Å². The number of aliphatic carboxylic acids is 2. The number of rotatable bonds is 4. The lowest BCUT2D eigenvalue weighted by Gasteiger charge is -2.07. The van der Waals surface area contributed by atoms with Gasteiger partial charge in [0.2, 0.25) is 5.76 Å². The SMILES string of the molecule is Cc1ccc(OC(=CC(=O)O)C(=O)O)c(O)c1. The average Bonchev–Trinajstić information content (AvgIpc) is 2.19. The highest BCUT2D eigenvalue weighted by atomic mass is 16.5. The van der Waals surface area contributed by atoms with Crippen LogP contribution in [0.4, 0.5) is 0 Å². The molecule has 1 rings (SSSR count). The van der Waals surface area contributed by atoms with Gasteiger partial charge in [0.1, 0.15) is 0 Å². The fraction of sp³-hybridized carbons (Fsp3) is 0.0909. The van der Waals surface area contributed by atoms with Crippen molar-refractivity contribution in [1.82, 2.24) is 0 Å². The number of hydrogen-bond donors (Lipinski definition) is 3. The van der Waals surface area contributed by atoms with Gasteiger partial charge in [0.25, 0.3) is 0 Å². The Morgan fingerprint density at radius 3 is 2.41 bits per heavy atom. The zero-order chi connectivity index (χ0) is 13.0. The maximum atomic E-state index is 10.7. The van der Waals surface area contributed by atoms with Crippen LogP contribution in [0.25, 0.3) is 0 Å². The lowest BCUT2D eigenvalue weighted by molar-refractivity contribution is -0.137. The summed E-state index contributed by atoms with van der Waals surface area (Å²) < 4.78 is 4.80. The van der Waals surface area contributed by atoms with Crippen molar-refractivity contribution >= 4 is 11.9 Å². The van der Waals surface area contributed by atoms with E-state index in [1.807, 2.05) is 0 Å². The van der Waals surface area contributed by atoms with Gasteiger partial charge in [-0.3, -0.25) is 0 Å². The van der Waals surface area contributed by atoms with Crippen molar-refractivity contribution in [3.05, 3.63) is 35.6 Å². The molecule has 0 aromatic heterocycles. The van der Waals surface area contributed by atoms with E-state index in [1.165, 1.54) is 12.1 Å². The molecule has 0 aliphatic rings. The quantitative estimate of drug-likeness (QED) is 0.536. The zero-order valence-corrected chi connectivity index (χ0v) is 8.88. The highest BCUT2D eigenvalue weighted by molar-refractivity contribution is 5.93. The van der Waals surface area contributed by atoms with Crippen LogP contribution in [0.3, 0.4) is 0 Å². The monoisotopic (exact) mass is 238 g/mol. The molecule has 90 valence electrons. The Morgan fingerprint density at radius 2 is 1.94 bits per heavy atom. The van der Waals surface area contributed by atoms with Gasteiger partial charge in [-0.25, -0.2) is 9.59 Å². The minimum absolute atomic E-state index is 0.120. The molecule has 0 aliphatic carbocycles. The van der Waals surface area contributed by atoms with Crippen molar-refractivity contribution < 1.29 is 29.6 Å². The molecule has 17 heavy (non-hydrogen) atoms. The van der Waals surface area contributed by atoms with E-state index in [0.29, 0.717) is 6.08 Å². The highest BCUT2D eigenvalue weighted by Gasteiger charge is 2.14. The summed E-state index contributed by atoms with van der Waals surface area (Å²) in [5.41, 5.74) is 0.758. The number of carbonyl (C=O) groups is 2. The van der Waals surface area contributed by atoms with Gasteiger partial charge in [-0.1, -0.05) is 6.07 Å². The first-order valence-electron chi connectivity index (χ1n) is 4.55. The van der Waals surface area contributed by atoms with Gasteiger partial charge < -0.3 is 20.1 Å². The molecule has 0 saturated carbocycles. The van der Waals surface area contributed by atoms with Crippen molar-refractivity contribution in [2.75, 3.05) is 0 Å². The number of ether oxygens (including phenoxy) is 1. The van der Waals surface area contributed by atoms with E-state index in [0.717, 1.165) is 5.56 Å². The topological polar surface area (TPSA) is 104 Å². The predicted octanol–water partition coefficient (Wildman–Crippen LogP) is 1.13. The van der Waals surface area contributed by atoms with E-state index in [-0.39, 0.29) is 11.5 Å². The molecule has 3 N–H and O–H groups in total. The van der Waals surface area contributed by atoms with E-state index in [9.17, 15) is 14.7 Å². The average molecular weight is 238 g/mol. The highest BCUT2D eigenvalue weighted by Crippen LogP contribution is 2.28. The number of carboxylic acids is 2. The van der Waals surface area contributed by atoms with Gasteiger partial charge in [-0.05, 0) is 24.6 Å². The first-order valence-corrected chi connectivity index (χ1v) is 4.55. The number of phenolic OH excluding ortho intramolecular Hbond substituents is 1. The number of carboxylic acid groups (broad SMARTS) is 2. The normalized spacial score (nSPS) is 11.0. The fourth-order valence-corrected chi connectivity index (χ4v) is 1.08. The molecule has 6 heteroatoms. The zero-order valence-electron chi connectivity index (χ0n) is 8.88. The molecule has 1 aromatic carbocycles. The summed E-state index contributed by atoms with van der Waals surface area (Å²) in [7, 11) is 0. The van der Waals surface area contributed by atoms with Gasteiger partial charge in [0, 0.05) is 0 Å². The Kier molecular flexibility index (Phi) is 3.71. The van der Waals surface area contributed by atoms with Gasteiger partial charge >= 0.3 is 11.9 Å². The van der Waals surface area contributed by atoms with Crippen LogP contribution in [0.15, 0.2) is 30.0 Å². The van der Waals surface area contributed by atoms with Crippen molar-refractivity contribution in [1.29, 1.82) is 0 Å². The van der Waals surface area contributed by atoms with Crippen LogP contribution >= 0.6 is 0 Å². The third-order valence-corrected chi connectivity index (χ3v) is 1.80. The van der Waals surface area contributed by atoms with Crippen LogP contribution < -0.4 is 4.74 Å². The number of benzene rings is 1. The Hall–Kier alpha value is -2.50. The summed E-state index contributed by atoms with van der Waals surface area (Å²) in [5.74, 6) is -4.15. The van der Waals surface area contributed by atoms with Crippen LogP contribution in [0.1, 0.15) is 5.56 Å². The predicted molar refractivity (Wildman–Crippen MR) is 56.8 cm³/mol. The largest absolute Gasteiger partial charge is 0.504 e. The van der Waals surface area contributed by atoms with Crippen LogP contribution in [0, 0.1) is 6.92 Å². The van der Waals surface area contributed by atoms with E-state index in [4.69, 9.17) is 14.9 Å². The lowest BCUT2D eigenvalue weighted by atomic mass is 10.2. The molecule has 0 unspecified atom stereocenters. The van der Waals surface area contributed by atoms with Gasteiger partial charge in [0.05, 0.1) is 6.08 Å². The number of hydrogen-bond acceptors (Lipinski definition) is 4. The van der Waals surface area contributed by atoms with Crippen LogP contribution in [0.2, 0.25) is 0 Å². The Balaban J connectivity index is 3.02. The third-order valence-electron chi connectivity index (χ3n) is 1.80. The van der Waals surface area contributed by atoms with Crippen LogP contribution in [0.5, 0.6) is 11.5 Å². The smallest absolute Gasteiger partial charge is 0.372 e. The molecule has 1 aromatic rings. The standard InChI is InChI=1S/C11H10O6/c1-6-2-3-8(7(12)4-6)17-9(11(15)16)5-10(13)14/h2-5,12H,1H3,(H,13,14)(H,15,16). The summed E-state index contributed by atoms with van der Waals surface area (Å²) in [5, 5.41) is 26.6. The number of aryl methyl sites for hydroxylation is 1. The number of aromatic hydroxyl groups is 1. The molecule has 0 saturated heterocycles. The van der Waals surface area contributed by atoms with Gasteiger partial charge in [-0.2, -0.15) is 0 Å². The van der Waals surface area contributed by atoms with Crippen molar-refractivity contribution in [3.63, 3.8) is 0 Å². The summed E-state index contributed by atoms with van der Waals surface area (Å²) in [6.45, 7) is 1.73. The summed E-state index contributed by atoms with van der Waals surface area (Å²) in [6.07, 6.45) is 0.404. The van der Waals surface area contributed by atoms with Crippen LogP contribution in [-0.4, -0.2) is 27.3 Å². The molecule has 0 atom stereocenters. The molecule has 0 amide bonds. The molecule has 0 bridgehead atoms. The molecule has 0 radical (unpaired) electrons. The minimum atomic E-state index is -1.53. The second-order valence-electron chi connectivity index (χ2n) is 3.23. The van der Waals surface area contributed by atoms with Gasteiger partial charge in [-0.15, -0.1) is 0 Å². The first kappa shape index (κ1) is 12.6. The maximum absolute atomic E-state index is 10.7. The number of phenols is 1. The molecule has 6 nitrogen and oxygen atoms in total. The lowest BCUT2D eigenvalue weighted by Crippen LogP contribution is -2.10. The second kappa shape index (κ2) is 5.02. The minimum Gasteiger partial charge on any atom is -0.504 e. The second-order valence-corrected chi connectivity index (χ2v) is 3.23. The molecule has 0 heterocycles. The van der Waals surface area contributed by atoms with E-state index in [2.05, 4.69) is 0 Å². The first-order chi connectivity index (χ1) is 7.90. The molecular formula is C11H10O6. The van der Waals surface area contributed by atoms with E-state index in [1.54, 1.807) is 13.0 Å².